The zero-order valence-electron chi connectivity index (χ0n) is 16.3. The number of carbonyl (C=O) groups excluding carboxylic acids is 1. The van der Waals surface area contributed by atoms with Crippen LogP contribution in [-0.2, 0) is 17.8 Å². The molecule has 4 aromatic rings. The average Bonchev–Trinajstić information content (AvgIpc) is 3.10. The summed E-state index contributed by atoms with van der Waals surface area (Å²) in [6.45, 7) is 2.83. The second-order valence-corrected chi connectivity index (χ2v) is 7.79. The van der Waals surface area contributed by atoms with Crippen molar-refractivity contribution in [2.24, 2.45) is 0 Å². The number of hydrogen-bond acceptors (Lipinski definition) is 3. The van der Waals surface area contributed by atoms with Crippen molar-refractivity contribution in [3.05, 3.63) is 90.0 Å². The smallest absolute Gasteiger partial charge is 0.234 e. The van der Waals surface area contributed by atoms with E-state index in [1.165, 1.54) is 22.9 Å². The van der Waals surface area contributed by atoms with Crippen LogP contribution in [0, 0.1) is 0 Å². The van der Waals surface area contributed by atoms with E-state index in [0.29, 0.717) is 5.75 Å². The summed E-state index contributed by atoms with van der Waals surface area (Å²) in [6.07, 6.45) is 0.946. The van der Waals surface area contributed by atoms with Crippen LogP contribution in [0.4, 0.5) is 5.69 Å². The number of para-hydroxylation sites is 2. The number of benzene rings is 3. The summed E-state index contributed by atoms with van der Waals surface area (Å²) in [5, 5.41) is 3.85. The van der Waals surface area contributed by atoms with Gasteiger partial charge in [-0.25, -0.2) is 4.98 Å². The Morgan fingerprint density at radius 1 is 0.966 bits per heavy atom. The summed E-state index contributed by atoms with van der Waals surface area (Å²) in [4.78, 5) is 17.3. The molecule has 0 fully saturated rings. The van der Waals surface area contributed by atoms with Crippen LogP contribution >= 0.6 is 11.8 Å². The van der Waals surface area contributed by atoms with Crippen molar-refractivity contribution < 1.29 is 4.79 Å². The summed E-state index contributed by atoms with van der Waals surface area (Å²) in [7, 11) is 0. The fourth-order valence-electron chi connectivity index (χ4n) is 3.28. The van der Waals surface area contributed by atoms with E-state index in [0.717, 1.165) is 34.8 Å². The molecule has 1 aromatic heterocycles. The van der Waals surface area contributed by atoms with Gasteiger partial charge in [0.05, 0.1) is 23.3 Å². The van der Waals surface area contributed by atoms with Crippen LogP contribution in [0.15, 0.2) is 84.0 Å². The molecule has 0 unspecified atom stereocenters. The first-order chi connectivity index (χ1) is 14.2. The summed E-state index contributed by atoms with van der Waals surface area (Å²) < 4.78 is 2.18. The van der Waals surface area contributed by atoms with Crippen molar-refractivity contribution in [3.8, 4) is 0 Å². The van der Waals surface area contributed by atoms with Gasteiger partial charge in [0, 0.05) is 5.69 Å². The highest BCUT2D eigenvalue weighted by molar-refractivity contribution is 7.99. The van der Waals surface area contributed by atoms with Gasteiger partial charge in [-0.2, -0.15) is 0 Å². The maximum atomic E-state index is 12.5. The molecule has 5 heteroatoms. The third kappa shape index (κ3) is 4.69. The first-order valence-corrected chi connectivity index (χ1v) is 10.7. The van der Waals surface area contributed by atoms with Gasteiger partial charge in [0.1, 0.15) is 0 Å². The lowest BCUT2D eigenvalue weighted by Crippen LogP contribution is -2.14. The van der Waals surface area contributed by atoms with Crippen molar-refractivity contribution in [3.63, 3.8) is 0 Å². The largest absolute Gasteiger partial charge is 0.325 e. The highest BCUT2D eigenvalue weighted by Gasteiger charge is 2.13. The molecule has 0 saturated carbocycles. The number of imidazole rings is 1. The maximum absolute atomic E-state index is 12.5. The molecule has 0 spiro atoms. The minimum atomic E-state index is -0.0263. The van der Waals surface area contributed by atoms with E-state index < -0.39 is 0 Å². The van der Waals surface area contributed by atoms with E-state index in [4.69, 9.17) is 4.98 Å². The predicted octanol–water partition coefficient (Wildman–Crippen LogP) is 5.38. The molecule has 0 aliphatic carbocycles. The molecule has 1 amide bonds. The minimum absolute atomic E-state index is 0.0263. The van der Waals surface area contributed by atoms with Crippen LogP contribution in [0.2, 0.25) is 0 Å². The van der Waals surface area contributed by atoms with Gasteiger partial charge in [0.25, 0.3) is 0 Å². The van der Waals surface area contributed by atoms with Crippen LogP contribution in [0.3, 0.4) is 0 Å². The van der Waals surface area contributed by atoms with Crippen molar-refractivity contribution in [2.75, 3.05) is 11.1 Å². The number of aromatic nitrogens is 2. The number of nitrogens with one attached hydrogen (secondary N) is 1. The number of nitrogens with zero attached hydrogens (tertiary/aromatic N) is 2. The first kappa shape index (κ1) is 19.3. The monoisotopic (exact) mass is 401 g/mol. The molecule has 146 valence electrons. The molecule has 4 nitrogen and oxygen atoms in total. The highest BCUT2D eigenvalue weighted by atomic mass is 32.2. The minimum Gasteiger partial charge on any atom is -0.325 e. The standard InChI is InChI=1S/C24H23N3OS/c1-2-18-11-8-12-20(15-18)25-23(28)17-29-24-26-21-13-6-7-14-22(21)27(24)16-19-9-4-3-5-10-19/h3-15H,2,16-17H2,1H3,(H,25,28). The van der Waals surface area contributed by atoms with Gasteiger partial charge in [-0.3, -0.25) is 4.79 Å². The molecule has 0 bridgehead atoms. The van der Waals surface area contributed by atoms with Gasteiger partial charge in [-0.1, -0.05) is 73.3 Å². The lowest BCUT2D eigenvalue weighted by molar-refractivity contribution is -0.113. The Balaban J connectivity index is 1.51. The number of carbonyl (C=O) groups is 1. The van der Waals surface area contributed by atoms with Gasteiger partial charge < -0.3 is 9.88 Å². The Hall–Kier alpha value is -3.05. The average molecular weight is 402 g/mol. The van der Waals surface area contributed by atoms with E-state index in [9.17, 15) is 4.79 Å². The lowest BCUT2D eigenvalue weighted by Gasteiger charge is -2.10. The number of thioether (sulfide) groups is 1. The molecular formula is C24H23N3OS. The lowest BCUT2D eigenvalue weighted by atomic mass is 10.1. The summed E-state index contributed by atoms with van der Waals surface area (Å²) in [6, 6.07) is 26.4. The van der Waals surface area contributed by atoms with Crippen LogP contribution < -0.4 is 5.32 Å². The highest BCUT2D eigenvalue weighted by Crippen LogP contribution is 2.25. The van der Waals surface area contributed by atoms with E-state index in [2.05, 4.69) is 41.1 Å². The summed E-state index contributed by atoms with van der Waals surface area (Å²) >= 11 is 1.47. The van der Waals surface area contributed by atoms with Crippen molar-refractivity contribution in [2.45, 2.75) is 25.0 Å². The van der Waals surface area contributed by atoms with E-state index in [-0.39, 0.29) is 5.91 Å². The normalized spacial score (nSPS) is 10.9. The third-order valence-corrected chi connectivity index (χ3v) is 5.73. The predicted molar refractivity (Wildman–Crippen MR) is 120 cm³/mol. The second-order valence-electron chi connectivity index (χ2n) is 6.85. The quantitative estimate of drug-likeness (QED) is 0.423. The first-order valence-electron chi connectivity index (χ1n) is 9.73. The zero-order valence-corrected chi connectivity index (χ0v) is 17.2. The van der Waals surface area contributed by atoms with E-state index in [1.807, 2.05) is 54.6 Å². The fraction of sp³-hybridized carbons (Fsp3) is 0.167. The van der Waals surface area contributed by atoms with Gasteiger partial charge in [0.2, 0.25) is 5.91 Å². The van der Waals surface area contributed by atoms with Crippen molar-refractivity contribution in [1.29, 1.82) is 0 Å². The van der Waals surface area contributed by atoms with Crippen molar-refractivity contribution in [1.82, 2.24) is 9.55 Å². The van der Waals surface area contributed by atoms with Crippen LogP contribution in [0.1, 0.15) is 18.1 Å². The van der Waals surface area contributed by atoms with Crippen LogP contribution in [-0.4, -0.2) is 21.2 Å². The molecule has 4 rings (SSSR count). The maximum Gasteiger partial charge on any atom is 0.234 e. The van der Waals surface area contributed by atoms with Gasteiger partial charge >= 0.3 is 0 Å². The SMILES string of the molecule is CCc1cccc(NC(=O)CSc2nc3ccccc3n2Cc2ccccc2)c1. The Bertz CT molecular complexity index is 1120. The molecule has 1 N–H and O–H groups in total. The molecular weight excluding hydrogens is 378 g/mol. The second kappa shape index (κ2) is 8.97. The molecule has 0 aliphatic heterocycles. The van der Waals surface area contributed by atoms with E-state index in [1.54, 1.807) is 0 Å². The molecule has 0 saturated heterocycles. The summed E-state index contributed by atoms with van der Waals surface area (Å²) in [5.74, 6) is 0.288. The topological polar surface area (TPSA) is 46.9 Å². The van der Waals surface area contributed by atoms with Gasteiger partial charge in [-0.05, 0) is 41.8 Å². The molecule has 1 heterocycles. The summed E-state index contributed by atoms with van der Waals surface area (Å²) in [5.41, 5.74) is 5.28. The molecule has 29 heavy (non-hydrogen) atoms. The molecule has 0 radical (unpaired) electrons. The van der Waals surface area contributed by atoms with E-state index >= 15 is 0 Å². The molecule has 0 aliphatic rings. The number of anilines is 1. The number of hydrogen-bond donors (Lipinski definition) is 1. The Kier molecular flexibility index (Phi) is 5.96. The van der Waals surface area contributed by atoms with Crippen LogP contribution in [0.25, 0.3) is 11.0 Å². The van der Waals surface area contributed by atoms with Gasteiger partial charge in [-0.15, -0.1) is 0 Å². The molecule has 3 aromatic carbocycles. The number of aryl methyl sites for hydroxylation is 1. The third-order valence-electron chi connectivity index (χ3n) is 4.75. The van der Waals surface area contributed by atoms with Gasteiger partial charge in [0.15, 0.2) is 5.16 Å². The Morgan fingerprint density at radius 2 is 1.72 bits per heavy atom. The Labute approximate surface area is 175 Å². The number of amides is 1. The number of fused-ring (bicyclic) bond motifs is 1. The zero-order chi connectivity index (χ0) is 20.1. The van der Waals surface area contributed by atoms with Crippen LogP contribution in [0.5, 0.6) is 0 Å². The van der Waals surface area contributed by atoms with Crippen molar-refractivity contribution >= 4 is 34.4 Å². The number of rotatable bonds is 7. The fourth-order valence-corrected chi connectivity index (χ4v) is 4.09. The Morgan fingerprint density at radius 3 is 2.55 bits per heavy atom. The molecule has 0 atom stereocenters.